The molecule has 0 aliphatic rings. The molecule has 0 spiro atoms. The number of hydrogen-bond donors (Lipinski definition) is 0. The number of benzene rings is 2. The van der Waals surface area contributed by atoms with Crippen LogP contribution in [0.2, 0.25) is 0 Å². The fourth-order valence-corrected chi connectivity index (χ4v) is 1.93. The standard InChI is InChI=1S/C19H20N2O/c1-3-4-5-16-6-8-17(9-7-16)14-20-21-15-18-10-12-19(22-2)13-11-18/h3,6-15H,1,4-5H2,2H3. The van der Waals surface area contributed by atoms with Crippen LogP contribution in [-0.2, 0) is 6.42 Å². The van der Waals surface area contributed by atoms with Crippen molar-refractivity contribution >= 4 is 12.4 Å². The van der Waals surface area contributed by atoms with Gasteiger partial charge < -0.3 is 4.74 Å². The summed E-state index contributed by atoms with van der Waals surface area (Å²) in [6.45, 7) is 3.73. The minimum atomic E-state index is 0.831. The summed E-state index contributed by atoms with van der Waals surface area (Å²) in [5, 5.41) is 8.12. The van der Waals surface area contributed by atoms with E-state index in [4.69, 9.17) is 4.74 Å². The smallest absolute Gasteiger partial charge is 0.118 e. The molecule has 0 unspecified atom stereocenters. The maximum Gasteiger partial charge on any atom is 0.118 e. The van der Waals surface area contributed by atoms with Gasteiger partial charge in [-0.1, -0.05) is 30.3 Å². The van der Waals surface area contributed by atoms with Crippen LogP contribution in [-0.4, -0.2) is 19.5 Å². The van der Waals surface area contributed by atoms with Gasteiger partial charge >= 0.3 is 0 Å². The quantitative estimate of drug-likeness (QED) is 0.426. The first kappa shape index (κ1) is 15.7. The van der Waals surface area contributed by atoms with Crippen LogP contribution < -0.4 is 4.74 Å². The van der Waals surface area contributed by atoms with E-state index < -0.39 is 0 Å². The molecular weight excluding hydrogens is 272 g/mol. The van der Waals surface area contributed by atoms with Crippen molar-refractivity contribution in [1.82, 2.24) is 0 Å². The average Bonchev–Trinajstić information content (AvgIpc) is 2.58. The Morgan fingerprint density at radius 3 is 1.95 bits per heavy atom. The fourth-order valence-electron chi connectivity index (χ4n) is 1.93. The maximum absolute atomic E-state index is 5.11. The maximum atomic E-state index is 5.11. The highest BCUT2D eigenvalue weighted by Gasteiger charge is 1.92. The van der Waals surface area contributed by atoms with Crippen molar-refractivity contribution in [1.29, 1.82) is 0 Å². The van der Waals surface area contributed by atoms with E-state index in [9.17, 15) is 0 Å². The zero-order valence-corrected chi connectivity index (χ0v) is 12.8. The van der Waals surface area contributed by atoms with Crippen molar-refractivity contribution in [3.8, 4) is 5.75 Å². The zero-order chi connectivity index (χ0) is 15.6. The Morgan fingerprint density at radius 2 is 1.45 bits per heavy atom. The number of hydrogen-bond acceptors (Lipinski definition) is 3. The molecule has 22 heavy (non-hydrogen) atoms. The molecule has 0 heterocycles. The molecule has 0 bridgehead atoms. The Labute approximate surface area is 131 Å². The summed E-state index contributed by atoms with van der Waals surface area (Å²) in [4.78, 5) is 0. The van der Waals surface area contributed by atoms with Gasteiger partial charge in [0.2, 0.25) is 0 Å². The van der Waals surface area contributed by atoms with Gasteiger partial charge in [0.25, 0.3) is 0 Å². The van der Waals surface area contributed by atoms with E-state index >= 15 is 0 Å². The first-order chi connectivity index (χ1) is 10.8. The number of methoxy groups -OCH3 is 1. The number of rotatable bonds is 7. The van der Waals surface area contributed by atoms with Crippen LogP contribution >= 0.6 is 0 Å². The molecule has 0 saturated heterocycles. The Morgan fingerprint density at radius 1 is 0.909 bits per heavy atom. The van der Waals surface area contributed by atoms with Gasteiger partial charge in [0.15, 0.2) is 0 Å². The number of nitrogens with zero attached hydrogens (tertiary/aromatic N) is 2. The third-order valence-corrected chi connectivity index (χ3v) is 3.21. The highest BCUT2D eigenvalue weighted by atomic mass is 16.5. The molecule has 2 aromatic carbocycles. The molecule has 112 valence electrons. The molecule has 0 aliphatic heterocycles. The van der Waals surface area contributed by atoms with Crippen LogP contribution in [0.3, 0.4) is 0 Å². The van der Waals surface area contributed by atoms with Crippen molar-refractivity contribution in [2.24, 2.45) is 10.2 Å². The summed E-state index contributed by atoms with van der Waals surface area (Å²) in [5.74, 6) is 0.831. The Bertz CT molecular complexity index is 640. The molecule has 3 heteroatoms. The molecule has 0 N–H and O–H groups in total. The number of allylic oxidation sites excluding steroid dienone is 1. The SMILES string of the molecule is C=CCCc1ccc(C=NN=Cc2ccc(OC)cc2)cc1. The second-order valence-electron chi connectivity index (χ2n) is 4.83. The Kier molecular flexibility index (Phi) is 6.12. The predicted molar refractivity (Wildman–Crippen MR) is 93.1 cm³/mol. The first-order valence-electron chi connectivity index (χ1n) is 7.22. The highest BCUT2D eigenvalue weighted by Crippen LogP contribution is 2.10. The van der Waals surface area contributed by atoms with Crippen molar-refractivity contribution in [3.05, 3.63) is 77.9 Å². The van der Waals surface area contributed by atoms with E-state index in [0.29, 0.717) is 0 Å². The van der Waals surface area contributed by atoms with Gasteiger partial charge in [-0.25, -0.2) is 0 Å². The summed E-state index contributed by atoms with van der Waals surface area (Å²) >= 11 is 0. The van der Waals surface area contributed by atoms with Gasteiger partial charge in [-0.2, -0.15) is 10.2 Å². The molecule has 0 amide bonds. The molecule has 0 aliphatic carbocycles. The van der Waals surface area contributed by atoms with Gasteiger partial charge in [-0.15, -0.1) is 6.58 Å². The van der Waals surface area contributed by atoms with Gasteiger partial charge in [0, 0.05) is 0 Å². The van der Waals surface area contributed by atoms with E-state index in [0.717, 1.165) is 29.7 Å². The molecule has 0 radical (unpaired) electrons. The fraction of sp³-hybridized carbons (Fsp3) is 0.158. The van der Waals surface area contributed by atoms with Crippen LogP contribution in [0, 0.1) is 0 Å². The lowest BCUT2D eigenvalue weighted by Crippen LogP contribution is -1.86. The minimum Gasteiger partial charge on any atom is -0.497 e. The minimum absolute atomic E-state index is 0.831. The molecule has 0 fully saturated rings. The Balaban J connectivity index is 1.90. The van der Waals surface area contributed by atoms with Crippen molar-refractivity contribution in [2.45, 2.75) is 12.8 Å². The summed E-state index contributed by atoms with van der Waals surface area (Å²) < 4.78 is 5.11. The van der Waals surface area contributed by atoms with E-state index in [2.05, 4.69) is 28.9 Å². The third-order valence-electron chi connectivity index (χ3n) is 3.21. The lowest BCUT2D eigenvalue weighted by molar-refractivity contribution is 0.415. The lowest BCUT2D eigenvalue weighted by atomic mass is 10.1. The summed E-state index contributed by atoms with van der Waals surface area (Å²) in [6, 6.07) is 16.0. The first-order valence-corrected chi connectivity index (χ1v) is 7.22. The van der Waals surface area contributed by atoms with E-state index in [1.807, 2.05) is 42.5 Å². The topological polar surface area (TPSA) is 34.0 Å². The molecule has 3 nitrogen and oxygen atoms in total. The van der Waals surface area contributed by atoms with Crippen LogP contribution in [0.15, 0.2) is 71.4 Å². The van der Waals surface area contributed by atoms with Gasteiger partial charge in [-0.3, -0.25) is 0 Å². The lowest BCUT2D eigenvalue weighted by Gasteiger charge is -1.98. The van der Waals surface area contributed by atoms with Gasteiger partial charge in [0.05, 0.1) is 19.5 Å². The molecule has 0 atom stereocenters. The summed E-state index contributed by atoms with van der Waals surface area (Å²) in [6.07, 6.45) is 7.42. The van der Waals surface area contributed by atoms with Crippen molar-refractivity contribution < 1.29 is 4.74 Å². The monoisotopic (exact) mass is 292 g/mol. The van der Waals surface area contributed by atoms with Crippen LogP contribution in [0.4, 0.5) is 0 Å². The summed E-state index contributed by atoms with van der Waals surface area (Å²) in [7, 11) is 1.65. The van der Waals surface area contributed by atoms with E-state index in [-0.39, 0.29) is 0 Å². The largest absolute Gasteiger partial charge is 0.497 e. The normalized spacial score (nSPS) is 11.1. The highest BCUT2D eigenvalue weighted by molar-refractivity contribution is 5.82. The molecule has 0 aromatic heterocycles. The summed E-state index contributed by atoms with van der Waals surface area (Å²) in [5.41, 5.74) is 3.32. The van der Waals surface area contributed by atoms with Crippen LogP contribution in [0.1, 0.15) is 23.1 Å². The van der Waals surface area contributed by atoms with Crippen LogP contribution in [0.5, 0.6) is 5.75 Å². The number of aryl methyl sites for hydroxylation is 1. The van der Waals surface area contributed by atoms with Crippen LogP contribution in [0.25, 0.3) is 0 Å². The van der Waals surface area contributed by atoms with E-state index in [1.54, 1.807) is 19.5 Å². The van der Waals surface area contributed by atoms with Crippen molar-refractivity contribution in [3.63, 3.8) is 0 Å². The molecule has 0 saturated carbocycles. The molecule has 2 rings (SSSR count). The second kappa shape index (κ2) is 8.57. The molecule has 2 aromatic rings. The number of ether oxygens (including phenoxy) is 1. The Hall–Kier alpha value is -2.68. The third kappa shape index (κ3) is 5.02. The second-order valence-corrected chi connectivity index (χ2v) is 4.83. The van der Waals surface area contributed by atoms with Gasteiger partial charge in [0.1, 0.15) is 5.75 Å². The molecular formula is C19H20N2O. The predicted octanol–water partition coefficient (Wildman–Crippen LogP) is 4.27. The zero-order valence-electron chi connectivity index (χ0n) is 12.8. The average molecular weight is 292 g/mol. The van der Waals surface area contributed by atoms with E-state index in [1.165, 1.54) is 5.56 Å². The van der Waals surface area contributed by atoms with Gasteiger partial charge in [-0.05, 0) is 53.8 Å². The van der Waals surface area contributed by atoms with Crippen molar-refractivity contribution in [2.75, 3.05) is 7.11 Å².